The Bertz CT molecular complexity index is 687. The van der Waals surface area contributed by atoms with Crippen molar-refractivity contribution in [1.29, 1.82) is 0 Å². The molecule has 6 nitrogen and oxygen atoms in total. The van der Waals surface area contributed by atoms with Gasteiger partial charge in [-0.3, -0.25) is 0 Å². The van der Waals surface area contributed by atoms with Gasteiger partial charge in [-0.15, -0.1) is 0 Å². The van der Waals surface area contributed by atoms with Crippen LogP contribution < -0.4 is 21.3 Å². The molecule has 2 heterocycles. The van der Waals surface area contributed by atoms with Gasteiger partial charge in [-0.05, 0) is 19.2 Å². The van der Waals surface area contributed by atoms with Crippen molar-refractivity contribution in [2.24, 2.45) is 0 Å². The molecule has 0 bridgehead atoms. The predicted octanol–water partition coefficient (Wildman–Crippen LogP) is 1.49. The summed E-state index contributed by atoms with van der Waals surface area (Å²) in [6, 6.07) is 5.97. The second-order valence-electron chi connectivity index (χ2n) is 5.09. The topological polar surface area (TPSA) is 79.1 Å². The zero-order valence-corrected chi connectivity index (χ0v) is 12.0. The Morgan fingerprint density at radius 2 is 2.05 bits per heavy atom. The third kappa shape index (κ3) is 2.77. The number of nitrogen functional groups attached to an aromatic ring is 1. The highest BCUT2D eigenvalue weighted by molar-refractivity contribution is 5.62. The standard InChI is InChI=1S/C14H16F2N6/c1-18-8-6-22(7-8)12-5-11(20-14(17)21-12)19-10-4-2-3-9(15)13(10)16/h2-5,8,18H,6-7H2,1H3,(H3,17,19,20,21). The summed E-state index contributed by atoms with van der Waals surface area (Å²) < 4.78 is 26.9. The van der Waals surface area contributed by atoms with Gasteiger partial charge >= 0.3 is 0 Å². The molecule has 0 saturated carbocycles. The minimum Gasteiger partial charge on any atom is -0.368 e. The lowest BCUT2D eigenvalue weighted by Crippen LogP contribution is -2.57. The molecule has 0 atom stereocenters. The molecule has 3 rings (SSSR count). The monoisotopic (exact) mass is 306 g/mol. The third-order valence-electron chi connectivity index (χ3n) is 3.56. The average molecular weight is 306 g/mol. The first-order valence-corrected chi connectivity index (χ1v) is 6.84. The molecule has 1 fully saturated rings. The predicted molar refractivity (Wildman–Crippen MR) is 81.1 cm³/mol. The van der Waals surface area contributed by atoms with Crippen molar-refractivity contribution in [1.82, 2.24) is 15.3 Å². The summed E-state index contributed by atoms with van der Waals surface area (Å²) in [5.41, 5.74) is 5.69. The van der Waals surface area contributed by atoms with E-state index in [2.05, 4.69) is 20.6 Å². The summed E-state index contributed by atoms with van der Waals surface area (Å²) in [6.07, 6.45) is 0. The van der Waals surface area contributed by atoms with Gasteiger partial charge in [0.1, 0.15) is 11.6 Å². The smallest absolute Gasteiger partial charge is 0.223 e. The molecule has 0 amide bonds. The van der Waals surface area contributed by atoms with Crippen LogP contribution in [0.3, 0.4) is 0 Å². The van der Waals surface area contributed by atoms with E-state index in [0.717, 1.165) is 19.2 Å². The molecular formula is C14H16F2N6. The lowest BCUT2D eigenvalue weighted by molar-refractivity contribution is 0.447. The highest BCUT2D eigenvalue weighted by Crippen LogP contribution is 2.25. The van der Waals surface area contributed by atoms with Gasteiger partial charge in [0.25, 0.3) is 0 Å². The number of nitrogens with zero attached hydrogens (tertiary/aromatic N) is 3. The van der Waals surface area contributed by atoms with E-state index in [1.165, 1.54) is 12.1 Å². The van der Waals surface area contributed by atoms with Crippen LogP contribution in [0.25, 0.3) is 0 Å². The van der Waals surface area contributed by atoms with Crippen LogP contribution in [-0.2, 0) is 0 Å². The highest BCUT2D eigenvalue weighted by atomic mass is 19.2. The van der Waals surface area contributed by atoms with Crippen LogP contribution in [0.4, 0.5) is 32.1 Å². The van der Waals surface area contributed by atoms with Crippen molar-refractivity contribution < 1.29 is 8.78 Å². The number of rotatable bonds is 4. The van der Waals surface area contributed by atoms with E-state index in [9.17, 15) is 8.78 Å². The van der Waals surface area contributed by atoms with E-state index in [-0.39, 0.29) is 11.6 Å². The molecule has 1 saturated heterocycles. The largest absolute Gasteiger partial charge is 0.368 e. The number of hydrogen-bond donors (Lipinski definition) is 3. The number of nitrogens with one attached hydrogen (secondary N) is 2. The van der Waals surface area contributed by atoms with Crippen LogP contribution in [0.1, 0.15) is 0 Å². The SMILES string of the molecule is CNC1CN(c2cc(Nc3cccc(F)c3F)nc(N)n2)C1. The van der Waals surface area contributed by atoms with Crippen LogP contribution in [0.2, 0.25) is 0 Å². The Hall–Kier alpha value is -2.48. The van der Waals surface area contributed by atoms with Crippen molar-refractivity contribution >= 4 is 23.3 Å². The number of hydrogen-bond acceptors (Lipinski definition) is 6. The van der Waals surface area contributed by atoms with Crippen molar-refractivity contribution in [3.63, 3.8) is 0 Å². The van der Waals surface area contributed by atoms with Crippen molar-refractivity contribution in [3.8, 4) is 0 Å². The molecule has 22 heavy (non-hydrogen) atoms. The summed E-state index contributed by atoms with van der Waals surface area (Å²) in [6.45, 7) is 1.61. The molecule has 0 spiro atoms. The van der Waals surface area contributed by atoms with Gasteiger partial charge in [0.15, 0.2) is 11.6 Å². The molecule has 1 aromatic carbocycles. The highest BCUT2D eigenvalue weighted by Gasteiger charge is 2.26. The van der Waals surface area contributed by atoms with Gasteiger partial charge in [0.2, 0.25) is 5.95 Å². The second kappa shape index (κ2) is 5.72. The zero-order valence-electron chi connectivity index (χ0n) is 12.0. The van der Waals surface area contributed by atoms with E-state index in [1.807, 2.05) is 11.9 Å². The maximum absolute atomic E-state index is 13.7. The molecule has 116 valence electrons. The molecule has 1 aliphatic heterocycles. The molecule has 0 unspecified atom stereocenters. The summed E-state index contributed by atoms with van der Waals surface area (Å²) in [5.74, 6) is -0.838. The second-order valence-corrected chi connectivity index (χ2v) is 5.09. The first-order valence-electron chi connectivity index (χ1n) is 6.84. The van der Waals surface area contributed by atoms with Crippen LogP contribution in [-0.4, -0.2) is 36.1 Å². The summed E-state index contributed by atoms with van der Waals surface area (Å²) in [4.78, 5) is 10.2. The lowest BCUT2D eigenvalue weighted by Gasteiger charge is -2.40. The van der Waals surface area contributed by atoms with Gasteiger partial charge in [0.05, 0.1) is 5.69 Å². The number of benzene rings is 1. The molecule has 8 heteroatoms. The molecule has 1 aromatic heterocycles. The molecule has 2 aromatic rings. The fourth-order valence-electron chi connectivity index (χ4n) is 2.27. The minimum absolute atomic E-state index is 0.000704. The molecule has 0 radical (unpaired) electrons. The Labute approximate surface area is 126 Å². The summed E-state index contributed by atoms with van der Waals surface area (Å²) >= 11 is 0. The van der Waals surface area contributed by atoms with Gasteiger partial charge in [-0.25, -0.2) is 8.78 Å². The number of anilines is 4. The molecule has 1 aliphatic rings. The van der Waals surface area contributed by atoms with E-state index < -0.39 is 11.6 Å². The number of aromatic nitrogens is 2. The quantitative estimate of drug-likeness (QED) is 0.794. The Balaban J connectivity index is 1.82. The van der Waals surface area contributed by atoms with Crippen molar-refractivity contribution in [3.05, 3.63) is 35.9 Å². The Kier molecular flexibility index (Phi) is 3.76. The normalized spacial score (nSPS) is 14.8. The number of nitrogens with two attached hydrogens (primary N) is 1. The van der Waals surface area contributed by atoms with Crippen molar-refractivity contribution in [2.75, 3.05) is 36.1 Å². The third-order valence-corrected chi connectivity index (χ3v) is 3.56. The first-order chi connectivity index (χ1) is 10.6. The van der Waals surface area contributed by atoms with Crippen LogP contribution >= 0.6 is 0 Å². The zero-order chi connectivity index (χ0) is 15.7. The van der Waals surface area contributed by atoms with E-state index in [1.54, 1.807) is 6.07 Å². The van der Waals surface area contributed by atoms with Gasteiger partial charge in [0, 0.05) is 25.2 Å². The number of likely N-dealkylation sites (N-methyl/N-ethyl adjacent to an activating group) is 1. The Morgan fingerprint density at radius 3 is 2.77 bits per heavy atom. The Morgan fingerprint density at radius 1 is 1.27 bits per heavy atom. The maximum Gasteiger partial charge on any atom is 0.223 e. The maximum atomic E-state index is 13.7. The summed E-state index contributed by atoms with van der Waals surface area (Å²) in [7, 11) is 1.90. The van der Waals surface area contributed by atoms with Gasteiger partial charge in [-0.1, -0.05) is 6.07 Å². The van der Waals surface area contributed by atoms with E-state index in [4.69, 9.17) is 5.73 Å². The fourth-order valence-corrected chi connectivity index (χ4v) is 2.27. The van der Waals surface area contributed by atoms with Crippen LogP contribution in [0, 0.1) is 11.6 Å². The van der Waals surface area contributed by atoms with E-state index >= 15 is 0 Å². The summed E-state index contributed by atoms with van der Waals surface area (Å²) in [5, 5.41) is 5.89. The molecular weight excluding hydrogens is 290 g/mol. The van der Waals surface area contributed by atoms with Crippen molar-refractivity contribution in [2.45, 2.75) is 6.04 Å². The van der Waals surface area contributed by atoms with Gasteiger partial charge in [-0.2, -0.15) is 9.97 Å². The molecule has 0 aliphatic carbocycles. The fraction of sp³-hybridized carbons (Fsp3) is 0.286. The minimum atomic E-state index is -0.958. The number of halogens is 2. The lowest BCUT2D eigenvalue weighted by atomic mass is 10.1. The average Bonchev–Trinajstić information content (AvgIpc) is 2.42. The van der Waals surface area contributed by atoms with Crippen LogP contribution in [0.5, 0.6) is 0 Å². The van der Waals surface area contributed by atoms with Crippen LogP contribution in [0.15, 0.2) is 24.3 Å². The van der Waals surface area contributed by atoms with E-state index in [0.29, 0.717) is 17.7 Å². The molecule has 4 N–H and O–H groups in total. The van der Waals surface area contributed by atoms with Gasteiger partial charge < -0.3 is 21.3 Å². The first kappa shape index (κ1) is 14.5.